The highest BCUT2D eigenvalue weighted by molar-refractivity contribution is 7.89. The van der Waals surface area contributed by atoms with Crippen molar-refractivity contribution in [1.29, 1.82) is 0 Å². The van der Waals surface area contributed by atoms with Crippen LogP contribution in [0, 0.1) is 5.82 Å². The maximum Gasteiger partial charge on any atom is 0.243 e. The van der Waals surface area contributed by atoms with Gasteiger partial charge in [-0.25, -0.2) is 17.8 Å². The lowest BCUT2D eigenvalue weighted by atomic mass is 9.91. The fourth-order valence-electron chi connectivity index (χ4n) is 5.77. The molecule has 2 fully saturated rings. The lowest BCUT2D eigenvalue weighted by molar-refractivity contribution is -0.0342. The van der Waals surface area contributed by atoms with E-state index in [-0.39, 0.29) is 10.7 Å². The summed E-state index contributed by atoms with van der Waals surface area (Å²) in [6, 6.07) is 15.3. The summed E-state index contributed by atoms with van der Waals surface area (Å²) in [5.41, 5.74) is 0.474. The molecule has 4 aromatic rings. The molecule has 40 heavy (non-hydrogen) atoms. The fourth-order valence-corrected chi connectivity index (χ4v) is 7.21. The first-order valence-electron chi connectivity index (χ1n) is 13.6. The largest absolute Gasteiger partial charge is 0.388 e. The smallest absolute Gasteiger partial charge is 0.243 e. The van der Waals surface area contributed by atoms with Crippen LogP contribution in [0.3, 0.4) is 0 Å². The minimum atomic E-state index is -3.68. The van der Waals surface area contributed by atoms with Gasteiger partial charge in [0, 0.05) is 49.1 Å². The van der Waals surface area contributed by atoms with E-state index in [9.17, 15) is 17.9 Å². The Bertz CT molecular complexity index is 1620. The highest BCUT2D eigenvalue weighted by Gasteiger charge is 2.39. The van der Waals surface area contributed by atoms with Crippen molar-refractivity contribution in [2.45, 2.75) is 49.1 Å². The average molecular weight is 565 g/mol. The van der Waals surface area contributed by atoms with Gasteiger partial charge in [-0.1, -0.05) is 6.07 Å². The van der Waals surface area contributed by atoms with E-state index in [1.54, 1.807) is 59.4 Å². The number of β-amino-alcohol motifs (C(OH)–C–C–N with tert-alkyl or cyclic N) is 1. The summed E-state index contributed by atoms with van der Waals surface area (Å²) in [6.45, 7) is 4.36. The van der Waals surface area contributed by atoms with E-state index in [0.29, 0.717) is 66.9 Å². The maximum absolute atomic E-state index is 14.1. The molecule has 0 saturated carbocycles. The van der Waals surface area contributed by atoms with Crippen LogP contribution in [0.1, 0.15) is 32.6 Å². The number of benzene rings is 2. The third-order valence-corrected chi connectivity index (χ3v) is 10.1. The molecule has 1 atom stereocenters. The lowest BCUT2D eigenvalue weighted by Gasteiger charge is -2.40. The van der Waals surface area contributed by atoms with Crippen molar-refractivity contribution in [2.75, 3.05) is 31.5 Å². The van der Waals surface area contributed by atoms with Gasteiger partial charge in [-0.05, 0) is 87.7 Å². The van der Waals surface area contributed by atoms with Crippen molar-refractivity contribution in [1.82, 2.24) is 23.7 Å². The van der Waals surface area contributed by atoms with Gasteiger partial charge in [0.15, 0.2) is 0 Å². The zero-order valence-corrected chi connectivity index (χ0v) is 23.2. The van der Waals surface area contributed by atoms with Gasteiger partial charge in [0.25, 0.3) is 0 Å². The molecule has 2 saturated heterocycles. The van der Waals surface area contributed by atoms with Gasteiger partial charge in [-0.15, -0.1) is 0 Å². The molecular formula is C29H33FN6O3S. The Morgan fingerprint density at radius 2 is 1.85 bits per heavy atom. The molecule has 210 valence electrons. The highest BCUT2D eigenvalue weighted by atomic mass is 32.2. The zero-order valence-electron chi connectivity index (χ0n) is 22.4. The van der Waals surface area contributed by atoms with Gasteiger partial charge < -0.3 is 15.0 Å². The van der Waals surface area contributed by atoms with Crippen LogP contribution >= 0.6 is 0 Å². The van der Waals surface area contributed by atoms with Gasteiger partial charge in [-0.2, -0.15) is 9.29 Å². The fraction of sp³-hybridized carbons (Fsp3) is 0.379. The Morgan fingerprint density at radius 1 is 1.07 bits per heavy atom. The van der Waals surface area contributed by atoms with E-state index < -0.39 is 15.6 Å². The molecule has 0 radical (unpaired) electrons. The number of halogens is 1. The van der Waals surface area contributed by atoms with Crippen molar-refractivity contribution in [3.8, 4) is 5.82 Å². The summed E-state index contributed by atoms with van der Waals surface area (Å²) in [5.74, 6) is 0.603. The number of aliphatic hydroxyl groups is 1. The number of fused-ring (bicyclic) bond motifs is 1. The minimum Gasteiger partial charge on any atom is -0.388 e. The molecule has 2 aliphatic rings. The first-order chi connectivity index (χ1) is 19.2. The first-order valence-corrected chi connectivity index (χ1v) is 15.1. The second kappa shape index (κ2) is 10.5. The van der Waals surface area contributed by atoms with Crippen LogP contribution in [0.15, 0.2) is 71.9 Å². The number of anilines is 2. The van der Waals surface area contributed by atoms with E-state index in [2.05, 4.69) is 27.1 Å². The van der Waals surface area contributed by atoms with Crippen molar-refractivity contribution in [3.63, 3.8) is 0 Å². The molecular weight excluding hydrogens is 531 g/mol. The number of likely N-dealkylation sites (tertiary alicyclic amines) is 1. The number of nitrogens with one attached hydrogen (secondary N) is 1. The van der Waals surface area contributed by atoms with Gasteiger partial charge in [-0.3, -0.25) is 4.90 Å². The maximum atomic E-state index is 14.1. The van der Waals surface area contributed by atoms with Crippen molar-refractivity contribution in [3.05, 3.63) is 72.8 Å². The second-order valence-corrected chi connectivity index (χ2v) is 12.8. The number of sulfonamides is 1. The molecule has 6 rings (SSSR count). The summed E-state index contributed by atoms with van der Waals surface area (Å²) < 4.78 is 44.0. The number of hydrogen-bond acceptors (Lipinski definition) is 7. The molecule has 2 aromatic heterocycles. The molecule has 2 aliphatic heterocycles. The number of rotatable bonds is 7. The lowest BCUT2D eigenvalue weighted by Crippen LogP contribution is -2.52. The van der Waals surface area contributed by atoms with Crippen molar-refractivity contribution >= 4 is 32.6 Å². The summed E-state index contributed by atoms with van der Waals surface area (Å²) in [5, 5.41) is 14.7. The molecule has 2 aromatic carbocycles. The molecule has 0 amide bonds. The monoisotopic (exact) mass is 564 g/mol. The van der Waals surface area contributed by atoms with Crippen molar-refractivity contribution < 1.29 is 17.9 Å². The standard InChI is InChI=1S/C29H33FN6O3S/c1-21-4-3-16-34(21)20-29(37)13-18-35(19-14-29)40(38,39)23-9-7-22(8-10-23)32-28-31-15-11-27(33-28)36-17-12-24-25(30)5-2-6-26(24)36/h2,5-12,15,17,21,37H,3-4,13-14,16,18-20H2,1H3,(H,31,32,33)/t21-/m1/s1. The Balaban J connectivity index is 1.12. The predicted octanol–water partition coefficient (Wildman–Crippen LogP) is 4.30. The van der Waals surface area contributed by atoms with Crippen LogP contribution in [0.4, 0.5) is 16.0 Å². The second-order valence-electron chi connectivity index (χ2n) is 10.8. The number of nitrogens with zero attached hydrogens (tertiary/aromatic N) is 5. The summed E-state index contributed by atoms with van der Waals surface area (Å²) in [7, 11) is -3.68. The Morgan fingerprint density at radius 3 is 2.58 bits per heavy atom. The SMILES string of the molecule is C[C@@H]1CCCN1CC1(O)CCN(S(=O)(=O)c2ccc(Nc3nccc(-n4ccc5c(F)cccc54)n3)cc2)CC1. The topological polar surface area (TPSA) is 104 Å². The summed E-state index contributed by atoms with van der Waals surface area (Å²) >= 11 is 0. The normalized spacial score (nSPS) is 20.2. The minimum absolute atomic E-state index is 0.201. The van der Waals surface area contributed by atoms with E-state index >= 15 is 0 Å². The molecule has 11 heteroatoms. The number of aromatic nitrogens is 3. The Kier molecular flexibility index (Phi) is 7.07. The molecule has 2 N–H and O–H groups in total. The van der Waals surface area contributed by atoms with E-state index in [4.69, 9.17) is 0 Å². The molecule has 9 nitrogen and oxygen atoms in total. The molecule has 0 aliphatic carbocycles. The molecule has 0 bridgehead atoms. The Hall–Kier alpha value is -3.38. The van der Waals surface area contributed by atoms with Crippen LogP contribution in [-0.4, -0.2) is 75.1 Å². The zero-order chi connectivity index (χ0) is 27.9. The predicted molar refractivity (Wildman–Crippen MR) is 152 cm³/mol. The molecule has 0 spiro atoms. The number of piperidine rings is 1. The highest BCUT2D eigenvalue weighted by Crippen LogP contribution is 2.30. The number of hydrogen-bond donors (Lipinski definition) is 2. The molecule has 0 unspecified atom stereocenters. The first kappa shape index (κ1) is 26.8. The summed E-state index contributed by atoms with van der Waals surface area (Å²) in [6.07, 6.45) is 6.50. The van der Waals surface area contributed by atoms with Crippen LogP contribution in [0.5, 0.6) is 0 Å². The van der Waals surface area contributed by atoms with Crippen LogP contribution in [0.25, 0.3) is 16.7 Å². The third-order valence-electron chi connectivity index (χ3n) is 8.16. The molecule has 4 heterocycles. The Labute approximate surface area is 233 Å². The van der Waals surface area contributed by atoms with Gasteiger partial charge >= 0.3 is 0 Å². The van der Waals surface area contributed by atoms with E-state index in [0.717, 1.165) is 19.4 Å². The van der Waals surface area contributed by atoms with Crippen molar-refractivity contribution in [2.24, 2.45) is 0 Å². The van der Waals surface area contributed by atoms with E-state index in [1.807, 2.05) is 6.07 Å². The van der Waals surface area contributed by atoms with Gasteiger partial charge in [0.1, 0.15) is 11.6 Å². The van der Waals surface area contributed by atoms with Gasteiger partial charge in [0.05, 0.1) is 16.0 Å². The average Bonchev–Trinajstić information content (AvgIpc) is 3.56. The van der Waals surface area contributed by atoms with Gasteiger partial charge in [0.2, 0.25) is 16.0 Å². The van der Waals surface area contributed by atoms with Crippen LogP contribution in [-0.2, 0) is 10.0 Å². The third kappa shape index (κ3) is 5.22. The summed E-state index contributed by atoms with van der Waals surface area (Å²) in [4.78, 5) is 11.3. The van der Waals surface area contributed by atoms with Crippen LogP contribution in [0.2, 0.25) is 0 Å². The van der Waals surface area contributed by atoms with E-state index in [1.165, 1.54) is 10.4 Å². The quantitative estimate of drug-likeness (QED) is 0.345. The van der Waals surface area contributed by atoms with Crippen LogP contribution < -0.4 is 5.32 Å².